The van der Waals surface area contributed by atoms with Gasteiger partial charge in [0.05, 0.1) is 12.1 Å². The third kappa shape index (κ3) is 6.45. The summed E-state index contributed by atoms with van der Waals surface area (Å²) >= 11 is 12.2. The molecule has 1 aromatic carbocycles. The zero-order valence-electron chi connectivity index (χ0n) is 17.2. The first-order valence-electron chi connectivity index (χ1n) is 9.10. The van der Waals surface area contributed by atoms with Crippen molar-refractivity contribution in [3.05, 3.63) is 45.7 Å². The van der Waals surface area contributed by atoms with Crippen molar-refractivity contribution >= 4 is 41.7 Å². The van der Waals surface area contributed by atoms with Crippen molar-refractivity contribution in [1.82, 2.24) is 5.32 Å². The predicted molar refractivity (Wildman–Crippen MR) is 113 cm³/mol. The van der Waals surface area contributed by atoms with Gasteiger partial charge < -0.3 is 14.8 Å². The molecule has 2 rings (SSSR count). The number of carbonyl (C=O) groups excluding carboxylic acids is 2. The first-order valence-corrected chi connectivity index (χ1v) is 9.86. The van der Waals surface area contributed by atoms with E-state index in [1.807, 2.05) is 6.92 Å². The van der Waals surface area contributed by atoms with E-state index in [9.17, 15) is 9.59 Å². The second-order valence-corrected chi connectivity index (χ2v) is 8.75. The van der Waals surface area contributed by atoms with Gasteiger partial charge >= 0.3 is 12.2 Å². The Hall–Kier alpha value is -2.09. The van der Waals surface area contributed by atoms with Crippen molar-refractivity contribution in [2.24, 2.45) is 4.99 Å². The number of benzene rings is 1. The van der Waals surface area contributed by atoms with E-state index in [0.29, 0.717) is 22.2 Å². The summed E-state index contributed by atoms with van der Waals surface area (Å²) in [6, 6.07) is 4.85. The summed E-state index contributed by atoms with van der Waals surface area (Å²) in [4.78, 5) is 28.8. The maximum absolute atomic E-state index is 12.5. The maximum Gasteiger partial charge on any atom is 0.526 e. The summed E-state index contributed by atoms with van der Waals surface area (Å²) < 4.78 is 9.97. The normalized spacial score (nSPS) is 19.5. The highest BCUT2D eigenvalue weighted by Crippen LogP contribution is 2.29. The Bertz CT molecular complexity index is 849. The van der Waals surface area contributed by atoms with Crippen LogP contribution in [0.4, 0.5) is 9.59 Å². The van der Waals surface area contributed by atoms with Crippen LogP contribution in [-0.4, -0.2) is 41.8 Å². The lowest BCUT2D eigenvalue weighted by molar-refractivity contribution is -0.716. The molecule has 158 valence electrons. The van der Waals surface area contributed by atoms with Crippen LogP contribution in [0, 0.1) is 0 Å². The molecular weight excluding hydrogens is 417 g/mol. The van der Waals surface area contributed by atoms with Gasteiger partial charge in [0.1, 0.15) is 24.0 Å². The molecular formula is C20H26Cl2N3O4+. The summed E-state index contributed by atoms with van der Waals surface area (Å²) in [5, 5.41) is 3.73. The summed E-state index contributed by atoms with van der Waals surface area (Å²) in [7, 11) is 1.32. The van der Waals surface area contributed by atoms with Crippen LogP contribution in [0.2, 0.25) is 10.0 Å². The smallest absolute Gasteiger partial charge is 0.444 e. The number of rotatable bonds is 5. The van der Waals surface area contributed by atoms with Crippen LogP contribution >= 0.6 is 23.2 Å². The van der Waals surface area contributed by atoms with Gasteiger partial charge in [0.2, 0.25) is 6.34 Å². The lowest BCUT2D eigenvalue weighted by atomic mass is 10.1. The van der Waals surface area contributed by atoms with E-state index in [1.165, 1.54) is 13.4 Å². The third-order valence-electron chi connectivity index (χ3n) is 4.05. The van der Waals surface area contributed by atoms with Crippen molar-refractivity contribution in [2.75, 3.05) is 7.11 Å². The number of aliphatic imine (C=N–C) groups is 1. The lowest BCUT2D eigenvalue weighted by Gasteiger charge is -2.23. The Balaban J connectivity index is 2.15. The highest BCUT2D eigenvalue weighted by molar-refractivity contribution is 6.35. The number of quaternary nitrogens is 1. The fourth-order valence-electron chi connectivity index (χ4n) is 2.84. The SMILES string of the molecule is COC(=O)[N+]1(Cc2ccc(Cl)cc2Cl)C=NC(C[C@@H](C)NC(=O)OC(C)(C)C)=C1. The number of nitrogens with zero attached hydrogens (tertiary/aromatic N) is 2. The molecule has 0 radical (unpaired) electrons. The minimum atomic E-state index is -0.580. The van der Waals surface area contributed by atoms with E-state index in [1.54, 1.807) is 45.2 Å². The summed E-state index contributed by atoms with van der Waals surface area (Å²) in [5.41, 5.74) is 0.790. The molecule has 1 heterocycles. The molecule has 9 heteroatoms. The minimum absolute atomic E-state index is 0.226. The van der Waals surface area contributed by atoms with Gasteiger partial charge in [-0.3, -0.25) is 0 Å². The highest BCUT2D eigenvalue weighted by Gasteiger charge is 2.40. The van der Waals surface area contributed by atoms with E-state index in [2.05, 4.69) is 10.3 Å². The molecule has 0 saturated heterocycles. The van der Waals surface area contributed by atoms with Crippen LogP contribution < -0.4 is 5.32 Å². The van der Waals surface area contributed by atoms with Gasteiger partial charge in [0, 0.05) is 23.0 Å². The lowest BCUT2D eigenvalue weighted by Crippen LogP contribution is -2.45. The van der Waals surface area contributed by atoms with Crippen molar-refractivity contribution in [2.45, 2.75) is 52.3 Å². The van der Waals surface area contributed by atoms with E-state index < -0.39 is 17.8 Å². The maximum atomic E-state index is 12.5. The number of hydrogen-bond donors (Lipinski definition) is 1. The van der Waals surface area contributed by atoms with Crippen LogP contribution in [0.25, 0.3) is 0 Å². The fraction of sp³-hybridized carbons (Fsp3) is 0.450. The topological polar surface area (TPSA) is 77.0 Å². The zero-order chi connectivity index (χ0) is 21.8. The number of ether oxygens (including phenoxy) is 2. The Kier molecular flexibility index (Phi) is 7.32. The number of nitrogens with one attached hydrogen (secondary N) is 1. The van der Waals surface area contributed by atoms with Crippen molar-refractivity contribution in [3.63, 3.8) is 0 Å². The predicted octanol–water partition coefficient (Wildman–Crippen LogP) is 5.26. The van der Waals surface area contributed by atoms with Gasteiger partial charge in [-0.1, -0.05) is 29.3 Å². The molecule has 1 aliphatic rings. The van der Waals surface area contributed by atoms with E-state index in [-0.39, 0.29) is 17.1 Å². The number of methoxy groups -OCH3 is 1. The molecule has 0 aromatic heterocycles. The number of halogens is 2. The molecule has 29 heavy (non-hydrogen) atoms. The van der Waals surface area contributed by atoms with E-state index >= 15 is 0 Å². The first-order chi connectivity index (χ1) is 13.4. The largest absolute Gasteiger partial charge is 0.526 e. The van der Waals surface area contributed by atoms with Crippen molar-refractivity contribution in [3.8, 4) is 0 Å². The molecule has 2 atom stereocenters. The van der Waals surface area contributed by atoms with Gasteiger partial charge in [-0.05, 0) is 39.8 Å². The monoisotopic (exact) mass is 442 g/mol. The van der Waals surface area contributed by atoms with Crippen LogP contribution in [0.3, 0.4) is 0 Å². The van der Waals surface area contributed by atoms with Gasteiger partial charge in [0.15, 0.2) is 0 Å². The van der Waals surface area contributed by atoms with Crippen LogP contribution in [-0.2, 0) is 16.0 Å². The highest BCUT2D eigenvalue weighted by atomic mass is 35.5. The number of carbonyl (C=O) groups is 2. The molecule has 1 unspecified atom stereocenters. The Morgan fingerprint density at radius 3 is 2.55 bits per heavy atom. The van der Waals surface area contributed by atoms with Gasteiger partial charge in [-0.15, -0.1) is 4.48 Å². The average Bonchev–Trinajstić information content (AvgIpc) is 2.98. The van der Waals surface area contributed by atoms with Crippen molar-refractivity contribution < 1.29 is 23.5 Å². The number of hydrogen-bond acceptors (Lipinski definition) is 5. The van der Waals surface area contributed by atoms with Gasteiger partial charge in [-0.2, -0.15) is 4.79 Å². The Labute approximate surface area is 180 Å². The van der Waals surface area contributed by atoms with Gasteiger partial charge in [0.25, 0.3) is 0 Å². The van der Waals surface area contributed by atoms with E-state index in [0.717, 1.165) is 5.56 Å². The molecule has 0 saturated carbocycles. The molecule has 0 fully saturated rings. The summed E-state index contributed by atoms with van der Waals surface area (Å²) in [6.07, 6.45) is 2.62. The van der Waals surface area contributed by atoms with Crippen LogP contribution in [0.1, 0.15) is 39.7 Å². The average molecular weight is 443 g/mol. The molecule has 0 bridgehead atoms. The summed E-state index contributed by atoms with van der Waals surface area (Å²) in [6.45, 7) is 7.45. The Morgan fingerprint density at radius 1 is 1.28 bits per heavy atom. The molecule has 7 nitrogen and oxygen atoms in total. The standard InChI is InChI=1S/C20H25Cl2N3O4/c1-13(24-18(26)29-20(2,3)4)8-16-11-25(12-23-16,19(27)28-5)10-14-6-7-15(21)9-17(14)22/h6-7,9,11-13H,8,10H2,1-5H3/p+1/t13-,25?/m1/s1. The van der Waals surface area contributed by atoms with Crippen LogP contribution in [0.15, 0.2) is 35.1 Å². The minimum Gasteiger partial charge on any atom is -0.444 e. The molecule has 1 N–H and O–H groups in total. The fourth-order valence-corrected chi connectivity index (χ4v) is 3.31. The number of amides is 2. The Morgan fingerprint density at radius 2 is 1.97 bits per heavy atom. The van der Waals surface area contributed by atoms with Gasteiger partial charge in [-0.25, -0.2) is 9.79 Å². The van der Waals surface area contributed by atoms with Crippen LogP contribution in [0.5, 0.6) is 0 Å². The third-order valence-corrected chi connectivity index (χ3v) is 4.64. The van der Waals surface area contributed by atoms with E-state index in [4.69, 9.17) is 32.7 Å². The molecule has 0 aliphatic carbocycles. The molecule has 1 aromatic rings. The summed E-state index contributed by atoms with van der Waals surface area (Å²) in [5.74, 6) is 0. The zero-order valence-corrected chi connectivity index (χ0v) is 18.7. The van der Waals surface area contributed by atoms with Crippen molar-refractivity contribution in [1.29, 1.82) is 0 Å². The molecule has 1 aliphatic heterocycles. The number of alkyl carbamates (subject to hydrolysis) is 1. The second kappa shape index (κ2) is 9.15. The first kappa shape index (κ1) is 23.2. The molecule has 0 spiro atoms. The second-order valence-electron chi connectivity index (χ2n) is 7.91. The molecule has 2 amide bonds. The quantitative estimate of drug-likeness (QED) is 0.630.